The van der Waals surface area contributed by atoms with E-state index in [-0.39, 0.29) is 11.8 Å². The summed E-state index contributed by atoms with van der Waals surface area (Å²) in [6, 6.07) is 10.1. The third-order valence-corrected chi connectivity index (χ3v) is 4.16. The Labute approximate surface area is 124 Å². The van der Waals surface area contributed by atoms with Crippen molar-refractivity contribution in [1.82, 2.24) is 0 Å². The zero-order valence-electron chi connectivity index (χ0n) is 12.1. The fraction of sp³-hybridized carbons (Fsp3) is 0.353. The van der Waals surface area contributed by atoms with Gasteiger partial charge in [0.15, 0.2) is 0 Å². The third-order valence-electron chi connectivity index (χ3n) is 4.16. The maximum Gasteiger partial charge on any atom is 0.205 e. The van der Waals surface area contributed by atoms with Gasteiger partial charge in [0.25, 0.3) is 0 Å². The summed E-state index contributed by atoms with van der Waals surface area (Å²) < 4.78 is 10.9. The van der Waals surface area contributed by atoms with E-state index >= 15 is 0 Å². The molecule has 3 rings (SSSR count). The number of methoxy groups -OCH3 is 1. The van der Waals surface area contributed by atoms with Crippen LogP contribution in [0.15, 0.2) is 47.1 Å². The lowest BCUT2D eigenvalue weighted by Crippen LogP contribution is -2.22. The number of nitrogens with two attached hydrogens (primary N) is 1. The summed E-state index contributed by atoms with van der Waals surface area (Å²) in [6.45, 7) is 0. The molecule has 1 aliphatic heterocycles. The molecular formula is C17H18N2O2. The normalized spacial score (nSPS) is 21.4. The minimum absolute atomic E-state index is 0.0787. The van der Waals surface area contributed by atoms with Gasteiger partial charge >= 0.3 is 0 Å². The second kappa shape index (κ2) is 5.53. The van der Waals surface area contributed by atoms with Crippen LogP contribution in [0.4, 0.5) is 0 Å². The van der Waals surface area contributed by atoms with Crippen LogP contribution >= 0.6 is 0 Å². The third kappa shape index (κ3) is 2.36. The van der Waals surface area contributed by atoms with Gasteiger partial charge < -0.3 is 15.2 Å². The minimum atomic E-state index is -0.0787. The van der Waals surface area contributed by atoms with E-state index in [1.54, 1.807) is 7.11 Å². The van der Waals surface area contributed by atoms with Gasteiger partial charge in [-0.15, -0.1) is 0 Å². The molecule has 1 aromatic carbocycles. The van der Waals surface area contributed by atoms with Crippen LogP contribution in [-0.4, -0.2) is 7.11 Å². The number of nitriles is 1. The maximum absolute atomic E-state index is 9.47. The van der Waals surface area contributed by atoms with Crippen molar-refractivity contribution in [2.75, 3.05) is 7.11 Å². The van der Waals surface area contributed by atoms with E-state index < -0.39 is 0 Å². The predicted octanol–water partition coefficient (Wildman–Crippen LogP) is 3.33. The SMILES string of the molecule is COc1ccc([C@@H]2C(C#N)=C(N)OC3=C2CCCC3)cc1. The molecule has 1 heterocycles. The number of nitrogens with zero attached hydrogens (tertiary/aromatic N) is 1. The van der Waals surface area contributed by atoms with Gasteiger partial charge in [-0.05, 0) is 42.5 Å². The van der Waals surface area contributed by atoms with Crippen molar-refractivity contribution in [3.05, 3.63) is 52.6 Å². The van der Waals surface area contributed by atoms with E-state index in [9.17, 15) is 5.26 Å². The van der Waals surface area contributed by atoms with Gasteiger partial charge in [0.05, 0.1) is 7.11 Å². The highest BCUT2D eigenvalue weighted by Gasteiger charge is 2.33. The van der Waals surface area contributed by atoms with Crippen molar-refractivity contribution in [2.45, 2.75) is 31.6 Å². The van der Waals surface area contributed by atoms with Crippen molar-refractivity contribution in [1.29, 1.82) is 5.26 Å². The van der Waals surface area contributed by atoms with Crippen LogP contribution in [0, 0.1) is 11.3 Å². The summed E-state index contributed by atoms with van der Waals surface area (Å²) in [5.74, 6) is 1.93. The Morgan fingerprint density at radius 3 is 2.62 bits per heavy atom. The Morgan fingerprint density at radius 1 is 1.24 bits per heavy atom. The summed E-state index contributed by atoms with van der Waals surface area (Å²) in [5, 5.41) is 9.47. The van der Waals surface area contributed by atoms with Gasteiger partial charge in [0.2, 0.25) is 5.88 Å². The standard InChI is InChI=1S/C17H18N2O2/c1-20-12-8-6-11(7-9-12)16-13-4-2-3-5-15(13)21-17(19)14(16)10-18/h6-9,16H,2-5,19H2,1H3/t16-/m0/s1. The fourth-order valence-electron chi connectivity index (χ4n) is 3.11. The average molecular weight is 282 g/mol. The Hall–Kier alpha value is -2.41. The number of benzene rings is 1. The first kappa shape index (κ1) is 13.6. The monoisotopic (exact) mass is 282 g/mol. The first-order valence-electron chi connectivity index (χ1n) is 7.18. The zero-order valence-corrected chi connectivity index (χ0v) is 12.1. The van der Waals surface area contributed by atoms with Gasteiger partial charge in [-0.3, -0.25) is 0 Å². The number of allylic oxidation sites excluding steroid dienone is 3. The van der Waals surface area contributed by atoms with Crippen LogP contribution in [0.3, 0.4) is 0 Å². The van der Waals surface area contributed by atoms with E-state index in [1.807, 2.05) is 24.3 Å². The number of hydrogen-bond donors (Lipinski definition) is 1. The first-order valence-corrected chi connectivity index (χ1v) is 7.18. The molecule has 4 nitrogen and oxygen atoms in total. The zero-order chi connectivity index (χ0) is 14.8. The van der Waals surface area contributed by atoms with Gasteiger partial charge in [-0.2, -0.15) is 5.26 Å². The number of ether oxygens (including phenoxy) is 2. The van der Waals surface area contributed by atoms with Crippen molar-refractivity contribution >= 4 is 0 Å². The van der Waals surface area contributed by atoms with Crippen LogP contribution in [0.25, 0.3) is 0 Å². The van der Waals surface area contributed by atoms with Crippen molar-refractivity contribution in [3.8, 4) is 11.8 Å². The summed E-state index contributed by atoms with van der Waals surface area (Å²) in [4.78, 5) is 0. The minimum Gasteiger partial charge on any atom is -0.497 e. The lowest BCUT2D eigenvalue weighted by atomic mass is 9.78. The Balaban J connectivity index is 2.07. The van der Waals surface area contributed by atoms with Crippen LogP contribution < -0.4 is 10.5 Å². The smallest absolute Gasteiger partial charge is 0.205 e. The molecule has 2 aliphatic rings. The molecule has 0 saturated heterocycles. The van der Waals surface area contributed by atoms with Gasteiger partial charge in [-0.25, -0.2) is 0 Å². The molecule has 1 atom stereocenters. The molecule has 0 spiro atoms. The quantitative estimate of drug-likeness (QED) is 0.903. The number of hydrogen-bond acceptors (Lipinski definition) is 4. The largest absolute Gasteiger partial charge is 0.497 e. The van der Waals surface area contributed by atoms with E-state index in [0.717, 1.165) is 42.8 Å². The summed E-state index contributed by atoms with van der Waals surface area (Å²) >= 11 is 0. The molecule has 0 radical (unpaired) electrons. The topological polar surface area (TPSA) is 68.3 Å². The van der Waals surface area contributed by atoms with Crippen LogP contribution in [0.5, 0.6) is 5.75 Å². The molecule has 0 saturated carbocycles. The molecule has 1 aliphatic carbocycles. The van der Waals surface area contributed by atoms with Crippen LogP contribution in [-0.2, 0) is 4.74 Å². The van der Waals surface area contributed by atoms with Gasteiger partial charge in [-0.1, -0.05) is 12.1 Å². The van der Waals surface area contributed by atoms with Gasteiger partial charge in [0, 0.05) is 12.3 Å². The van der Waals surface area contributed by atoms with Crippen molar-refractivity contribution in [3.63, 3.8) is 0 Å². The Kier molecular flexibility index (Phi) is 3.57. The van der Waals surface area contributed by atoms with E-state index in [2.05, 4.69) is 6.07 Å². The lowest BCUT2D eigenvalue weighted by molar-refractivity contribution is 0.251. The van der Waals surface area contributed by atoms with Crippen LogP contribution in [0.2, 0.25) is 0 Å². The molecule has 21 heavy (non-hydrogen) atoms. The summed E-state index contributed by atoms with van der Waals surface area (Å²) in [7, 11) is 1.64. The molecule has 0 amide bonds. The summed E-state index contributed by atoms with van der Waals surface area (Å²) in [6.07, 6.45) is 4.11. The highest BCUT2D eigenvalue weighted by molar-refractivity contribution is 5.50. The fourth-order valence-corrected chi connectivity index (χ4v) is 3.11. The highest BCUT2D eigenvalue weighted by atomic mass is 16.5. The second-order valence-corrected chi connectivity index (χ2v) is 5.35. The molecule has 108 valence electrons. The Bertz CT molecular complexity index is 650. The van der Waals surface area contributed by atoms with E-state index in [0.29, 0.717) is 5.57 Å². The molecule has 1 aromatic rings. The average Bonchev–Trinajstić information content (AvgIpc) is 2.53. The number of rotatable bonds is 2. The van der Waals surface area contributed by atoms with Crippen molar-refractivity contribution < 1.29 is 9.47 Å². The molecule has 0 aromatic heterocycles. The molecule has 2 N–H and O–H groups in total. The van der Waals surface area contributed by atoms with E-state index in [1.165, 1.54) is 5.57 Å². The Morgan fingerprint density at radius 2 is 1.95 bits per heavy atom. The lowest BCUT2D eigenvalue weighted by Gasteiger charge is -2.32. The maximum atomic E-state index is 9.47. The molecule has 0 unspecified atom stereocenters. The molecule has 0 fully saturated rings. The molecular weight excluding hydrogens is 264 g/mol. The highest BCUT2D eigenvalue weighted by Crippen LogP contribution is 2.44. The summed E-state index contributed by atoms with van der Waals surface area (Å²) in [5.41, 5.74) is 8.74. The predicted molar refractivity (Wildman–Crippen MR) is 79.1 cm³/mol. The van der Waals surface area contributed by atoms with Crippen molar-refractivity contribution in [2.24, 2.45) is 5.73 Å². The second-order valence-electron chi connectivity index (χ2n) is 5.35. The first-order chi connectivity index (χ1) is 10.2. The van der Waals surface area contributed by atoms with Crippen LogP contribution in [0.1, 0.15) is 37.2 Å². The van der Waals surface area contributed by atoms with E-state index in [4.69, 9.17) is 15.2 Å². The molecule has 0 bridgehead atoms. The molecule has 4 heteroatoms. The van der Waals surface area contributed by atoms with Gasteiger partial charge in [0.1, 0.15) is 23.2 Å².